The highest BCUT2D eigenvalue weighted by atomic mass is 16.2. The minimum Gasteiger partial charge on any atom is -0.396 e. The highest BCUT2D eigenvalue weighted by Crippen LogP contribution is 2.20. The number of amides is 1. The summed E-state index contributed by atoms with van der Waals surface area (Å²) in [6, 6.07) is 7.57. The van der Waals surface area contributed by atoms with Gasteiger partial charge in [-0.25, -0.2) is 0 Å². The molecule has 18 heavy (non-hydrogen) atoms. The molecular weight excluding hydrogens is 226 g/mol. The second-order valence-corrected chi connectivity index (χ2v) is 5.54. The topological polar surface area (TPSA) is 49.3 Å². The third-order valence-corrected chi connectivity index (χ3v) is 3.02. The Hall–Kier alpha value is -1.35. The Morgan fingerprint density at radius 2 is 2.11 bits per heavy atom. The van der Waals surface area contributed by atoms with Crippen molar-refractivity contribution in [3.05, 3.63) is 35.4 Å². The summed E-state index contributed by atoms with van der Waals surface area (Å²) in [4.78, 5) is 12.0. The first-order valence-electron chi connectivity index (χ1n) is 6.40. The van der Waals surface area contributed by atoms with Crippen LogP contribution in [-0.2, 0) is 0 Å². The molecule has 0 aliphatic carbocycles. The summed E-state index contributed by atoms with van der Waals surface area (Å²) >= 11 is 0. The predicted molar refractivity (Wildman–Crippen MR) is 73.6 cm³/mol. The summed E-state index contributed by atoms with van der Waals surface area (Å²) in [5, 5.41) is 11.8. The van der Waals surface area contributed by atoms with Gasteiger partial charge in [-0.2, -0.15) is 0 Å². The zero-order valence-corrected chi connectivity index (χ0v) is 11.5. The highest BCUT2D eigenvalue weighted by molar-refractivity contribution is 5.94. The van der Waals surface area contributed by atoms with Gasteiger partial charge in [-0.15, -0.1) is 0 Å². The van der Waals surface area contributed by atoms with Gasteiger partial charge in [-0.05, 0) is 37.3 Å². The molecule has 1 aromatic carbocycles. The number of aliphatic hydroxyl groups is 1. The van der Waals surface area contributed by atoms with E-state index in [0.29, 0.717) is 12.1 Å². The van der Waals surface area contributed by atoms with Crippen molar-refractivity contribution in [3.8, 4) is 0 Å². The molecular formula is C15H23NO2. The maximum absolute atomic E-state index is 12.0. The summed E-state index contributed by atoms with van der Waals surface area (Å²) in [5.74, 6) is -0.0317. The standard InChI is InChI=1S/C15H23NO2/c1-12-6-4-7-13(10-12)14(18)16-11-15(2,3)8-5-9-17/h4,6-7,10,17H,5,8-9,11H2,1-3H3,(H,16,18). The maximum Gasteiger partial charge on any atom is 0.251 e. The molecule has 3 nitrogen and oxygen atoms in total. The van der Waals surface area contributed by atoms with Gasteiger partial charge in [-0.1, -0.05) is 31.5 Å². The summed E-state index contributed by atoms with van der Waals surface area (Å²) in [6.07, 6.45) is 1.67. The average molecular weight is 249 g/mol. The Balaban J connectivity index is 2.50. The van der Waals surface area contributed by atoms with Crippen molar-refractivity contribution in [1.82, 2.24) is 5.32 Å². The number of benzene rings is 1. The summed E-state index contributed by atoms with van der Waals surface area (Å²) < 4.78 is 0. The van der Waals surface area contributed by atoms with Gasteiger partial charge in [0.25, 0.3) is 5.91 Å². The fourth-order valence-electron chi connectivity index (χ4n) is 1.85. The largest absolute Gasteiger partial charge is 0.396 e. The molecule has 1 aromatic rings. The summed E-state index contributed by atoms with van der Waals surface area (Å²) in [6.45, 7) is 7.00. The first-order valence-corrected chi connectivity index (χ1v) is 6.40. The maximum atomic E-state index is 12.0. The molecule has 0 atom stereocenters. The van der Waals surface area contributed by atoms with Crippen LogP contribution >= 0.6 is 0 Å². The Labute approximate surface area is 109 Å². The van der Waals surface area contributed by atoms with Crippen molar-refractivity contribution >= 4 is 5.91 Å². The number of nitrogens with one attached hydrogen (secondary N) is 1. The lowest BCUT2D eigenvalue weighted by atomic mass is 9.88. The molecule has 0 saturated carbocycles. The Bertz CT molecular complexity index is 399. The zero-order valence-electron chi connectivity index (χ0n) is 11.5. The number of aryl methyl sites for hydroxylation is 1. The fourth-order valence-corrected chi connectivity index (χ4v) is 1.85. The van der Waals surface area contributed by atoms with Crippen molar-refractivity contribution in [2.24, 2.45) is 5.41 Å². The quantitative estimate of drug-likeness (QED) is 0.814. The van der Waals surface area contributed by atoms with E-state index in [9.17, 15) is 4.79 Å². The molecule has 0 radical (unpaired) electrons. The lowest BCUT2D eigenvalue weighted by Crippen LogP contribution is -2.34. The lowest BCUT2D eigenvalue weighted by molar-refractivity contribution is 0.0933. The number of carbonyl (C=O) groups is 1. The molecule has 0 aliphatic rings. The van der Waals surface area contributed by atoms with Crippen LogP contribution in [0.25, 0.3) is 0 Å². The Kier molecular flexibility index (Phi) is 5.35. The summed E-state index contributed by atoms with van der Waals surface area (Å²) in [5.41, 5.74) is 1.80. The first kappa shape index (κ1) is 14.7. The lowest BCUT2D eigenvalue weighted by Gasteiger charge is -2.24. The summed E-state index contributed by atoms with van der Waals surface area (Å²) in [7, 11) is 0. The van der Waals surface area contributed by atoms with E-state index < -0.39 is 0 Å². The number of hydrogen-bond acceptors (Lipinski definition) is 2. The van der Waals surface area contributed by atoms with Crippen LogP contribution in [0.15, 0.2) is 24.3 Å². The van der Waals surface area contributed by atoms with Gasteiger partial charge in [-0.3, -0.25) is 4.79 Å². The van der Waals surface area contributed by atoms with Gasteiger partial charge in [0, 0.05) is 18.7 Å². The molecule has 0 bridgehead atoms. The molecule has 0 saturated heterocycles. The van der Waals surface area contributed by atoms with Gasteiger partial charge in [0.2, 0.25) is 0 Å². The monoisotopic (exact) mass is 249 g/mol. The second-order valence-electron chi connectivity index (χ2n) is 5.54. The van der Waals surface area contributed by atoms with Crippen LogP contribution in [0.2, 0.25) is 0 Å². The van der Waals surface area contributed by atoms with Gasteiger partial charge >= 0.3 is 0 Å². The number of carbonyl (C=O) groups excluding carboxylic acids is 1. The third kappa shape index (κ3) is 4.88. The molecule has 0 aromatic heterocycles. The molecule has 0 fully saturated rings. The van der Waals surface area contributed by atoms with Crippen LogP contribution in [-0.4, -0.2) is 24.2 Å². The van der Waals surface area contributed by atoms with E-state index in [1.54, 1.807) is 0 Å². The minimum absolute atomic E-state index is 0.0161. The van der Waals surface area contributed by atoms with E-state index in [-0.39, 0.29) is 17.9 Å². The molecule has 0 heterocycles. The van der Waals surface area contributed by atoms with Crippen molar-refractivity contribution in [3.63, 3.8) is 0 Å². The predicted octanol–water partition coefficient (Wildman–Crippen LogP) is 2.52. The molecule has 0 spiro atoms. The second kappa shape index (κ2) is 6.55. The van der Waals surface area contributed by atoms with Gasteiger partial charge in [0.1, 0.15) is 0 Å². The van der Waals surface area contributed by atoms with E-state index in [1.165, 1.54) is 0 Å². The molecule has 1 rings (SSSR count). The van der Waals surface area contributed by atoms with Crippen molar-refractivity contribution in [2.75, 3.05) is 13.2 Å². The van der Waals surface area contributed by atoms with E-state index in [4.69, 9.17) is 5.11 Å². The zero-order chi connectivity index (χ0) is 13.6. The third-order valence-electron chi connectivity index (χ3n) is 3.02. The molecule has 3 heteroatoms. The number of hydrogen-bond donors (Lipinski definition) is 2. The highest BCUT2D eigenvalue weighted by Gasteiger charge is 2.18. The normalized spacial score (nSPS) is 11.3. The van der Waals surface area contributed by atoms with E-state index in [1.807, 2.05) is 31.2 Å². The van der Waals surface area contributed by atoms with Crippen LogP contribution in [0, 0.1) is 12.3 Å². The SMILES string of the molecule is Cc1cccc(C(=O)NCC(C)(C)CCCO)c1. The van der Waals surface area contributed by atoms with Crippen molar-refractivity contribution < 1.29 is 9.90 Å². The van der Waals surface area contributed by atoms with Crippen molar-refractivity contribution in [2.45, 2.75) is 33.6 Å². The van der Waals surface area contributed by atoms with E-state index in [0.717, 1.165) is 18.4 Å². The van der Waals surface area contributed by atoms with Crippen LogP contribution in [0.4, 0.5) is 0 Å². The molecule has 0 aliphatic heterocycles. The van der Waals surface area contributed by atoms with Crippen LogP contribution in [0.3, 0.4) is 0 Å². The smallest absolute Gasteiger partial charge is 0.251 e. The average Bonchev–Trinajstić information content (AvgIpc) is 2.34. The minimum atomic E-state index is -0.0317. The molecule has 2 N–H and O–H groups in total. The van der Waals surface area contributed by atoms with Gasteiger partial charge in [0.15, 0.2) is 0 Å². The Morgan fingerprint density at radius 1 is 1.39 bits per heavy atom. The number of rotatable bonds is 6. The Morgan fingerprint density at radius 3 is 2.72 bits per heavy atom. The molecule has 0 unspecified atom stereocenters. The number of aliphatic hydroxyl groups excluding tert-OH is 1. The van der Waals surface area contributed by atoms with Gasteiger partial charge < -0.3 is 10.4 Å². The van der Waals surface area contributed by atoms with Crippen LogP contribution < -0.4 is 5.32 Å². The van der Waals surface area contributed by atoms with Crippen LogP contribution in [0.5, 0.6) is 0 Å². The van der Waals surface area contributed by atoms with Gasteiger partial charge in [0.05, 0.1) is 0 Å². The van der Waals surface area contributed by atoms with Crippen LogP contribution in [0.1, 0.15) is 42.6 Å². The van der Waals surface area contributed by atoms with E-state index in [2.05, 4.69) is 19.2 Å². The first-order chi connectivity index (χ1) is 8.44. The fraction of sp³-hybridized carbons (Fsp3) is 0.533. The molecule has 1 amide bonds. The molecule has 100 valence electrons. The van der Waals surface area contributed by atoms with E-state index >= 15 is 0 Å². The van der Waals surface area contributed by atoms with Crippen molar-refractivity contribution in [1.29, 1.82) is 0 Å².